The fourth-order valence-corrected chi connectivity index (χ4v) is 11.9. The molecule has 0 spiro atoms. The fourth-order valence-electron chi connectivity index (χ4n) is 11.9. The Morgan fingerprint density at radius 1 is 0.265 bits per heavy atom. The molecule has 0 amide bonds. The average Bonchev–Trinajstić information content (AvgIpc) is 3.74. The van der Waals surface area contributed by atoms with Crippen LogP contribution in [0.5, 0.6) is 23.0 Å². The molecule has 4 nitrogen and oxygen atoms in total. The van der Waals surface area contributed by atoms with E-state index in [1.165, 1.54) is 44.5 Å². The molecule has 0 N–H and O–H groups in total. The van der Waals surface area contributed by atoms with Crippen molar-refractivity contribution in [2.24, 2.45) is 0 Å². The molecule has 0 radical (unpaired) electrons. The van der Waals surface area contributed by atoms with Crippen molar-refractivity contribution in [1.82, 2.24) is 0 Å². The van der Waals surface area contributed by atoms with E-state index in [9.17, 15) is 0 Å². The lowest BCUT2D eigenvalue weighted by atomic mass is 9.82. The lowest BCUT2D eigenvalue weighted by Crippen LogP contribution is -2.16. The molecule has 14 rings (SSSR count). The lowest BCUT2D eigenvalue weighted by Gasteiger charge is -2.31. The Labute approximate surface area is 396 Å². The van der Waals surface area contributed by atoms with Crippen LogP contribution < -0.4 is 19.3 Å². The molecule has 324 valence electrons. The van der Waals surface area contributed by atoms with Crippen LogP contribution in [0.4, 0.5) is 34.1 Å². The maximum atomic E-state index is 6.95. The third-order valence-corrected chi connectivity index (χ3v) is 15.2. The third kappa shape index (κ3) is 5.49. The molecule has 10 aromatic rings. The van der Waals surface area contributed by atoms with Crippen molar-refractivity contribution in [3.8, 4) is 67.5 Å². The minimum absolute atomic E-state index is 0.116. The number of anilines is 6. The molecular formula is C64H46N2O2. The second-order valence-electron chi connectivity index (χ2n) is 19.7. The van der Waals surface area contributed by atoms with Gasteiger partial charge in [0.1, 0.15) is 23.0 Å². The van der Waals surface area contributed by atoms with Gasteiger partial charge in [-0.15, -0.1) is 0 Å². The zero-order valence-corrected chi connectivity index (χ0v) is 38.3. The lowest BCUT2D eigenvalue weighted by molar-refractivity contribution is 0.475. The standard InChI is InChI=1S/C64H46N2O2/c1-63(2)53-21-13-11-19-45(53)47-27-23-41(35-55(47)63)65(39-15-7-5-8-16-39)43-25-29-49-51-31-32-52-50-30-26-44(38-60(50)68-58-34-33-57(61(51)62(52)58)67-59(49)37-43)66(40-17-9-6-10-18-40)42-24-28-48-46-20-12-14-22-54(46)64(3,4)56(48)36-42/h5-38H,1-4H3. The van der Waals surface area contributed by atoms with Gasteiger partial charge in [0.25, 0.3) is 0 Å². The summed E-state index contributed by atoms with van der Waals surface area (Å²) in [6.45, 7) is 9.35. The first-order chi connectivity index (χ1) is 33.2. The summed E-state index contributed by atoms with van der Waals surface area (Å²) in [6, 6.07) is 74.8. The van der Waals surface area contributed by atoms with Crippen LogP contribution in [-0.4, -0.2) is 0 Å². The number of rotatable bonds is 6. The first-order valence-electron chi connectivity index (χ1n) is 23.7. The number of benzene rings is 10. The maximum Gasteiger partial charge on any atom is 0.137 e. The summed E-state index contributed by atoms with van der Waals surface area (Å²) in [5.41, 5.74) is 21.3. The van der Waals surface area contributed by atoms with Gasteiger partial charge in [0.05, 0.1) is 0 Å². The van der Waals surface area contributed by atoms with E-state index in [4.69, 9.17) is 9.47 Å². The smallest absolute Gasteiger partial charge is 0.137 e. The summed E-state index contributed by atoms with van der Waals surface area (Å²) < 4.78 is 13.9. The summed E-state index contributed by atoms with van der Waals surface area (Å²) in [7, 11) is 0. The van der Waals surface area contributed by atoms with Crippen LogP contribution in [0, 0.1) is 0 Å². The van der Waals surface area contributed by atoms with E-state index in [0.717, 1.165) is 90.1 Å². The molecule has 4 aliphatic rings. The van der Waals surface area contributed by atoms with Gasteiger partial charge in [-0.25, -0.2) is 0 Å². The number of hydrogen-bond donors (Lipinski definition) is 0. The van der Waals surface area contributed by atoms with E-state index in [1.54, 1.807) is 0 Å². The van der Waals surface area contributed by atoms with E-state index in [0.29, 0.717) is 0 Å². The number of hydrogen-bond acceptors (Lipinski definition) is 4. The molecule has 0 saturated carbocycles. The molecule has 2 aliphatic heterocycles. The van der Waals surface area contributed by atoms with Crippen LogP contribution in [0.2, 0.25) is 0 Å². The Balaban J connectivity index is 0.844. The van der Waals surface area contributed by atoms with Crippen molar-refractivity contribution < 1.29 is 9.47 Å². The maximum absolute atomic E-state index is 6.95. The van der Waals surface area contributed by atoms with Crippen molar-refractivity contribution in [1.29, 1.82) is 0 Å². The highest BCUT2D eigenvalue weighted by molar-refractivity contribution is 6.14. The summed E-state index contributed by atoms with van der Waals surface area (Å²) in [5, 5.41) is 2.14. The van der Waals surface area contributed by atoms with Crippen molar-refractivity contribution in [3.05, 3.63) is 229 Å². The zero-order chi connectivity index (χ0) is 45.5. The van der Waals surface area contributed by atoms with E-state index in [2.05, 4.69) is 244 Å². The minimum Gasteiger partial charge on any atom is -0.456 e. The third-order valence-electron chi connectivity index (χ3n) is 15.2. The Hall–Kier alpha value is -8.34. The van der Waals surface area contributed by atoms with Gasteiger partial charge in [-0.05, 0) is 141 Å². The minimum atomic E-state index is -0.116. The van der Waals surface area contributed by atoms with Crippen LogP contribution in [0.25, 0.3) is 55.3 Å². The fraction of sp³-hybridized carbons (Fsp3) is 0.0938. The molecule has 0 unspecified atom stereocenters. The first-order valence-corrected chi connectivity index (χ1v) is 23.7. The van der Waals surface area contributed by atoms with Crippen LogP contribution in [0.1, 0.15) is 49.9 Å². The predicted octanol–water partition coefficient (Wildman–Crippen LogP) is 17.9. The molecule has 0 fully saturated rings. The van der Waals surface area contributed by atoms with E-state index in [1.807, 2.05) is 0 Å². The largest absolute Gasteiger partial charge is 0.456 e. The highest BCUT2D eigenvalue weighted by atomic mass is 16.5. The number of para-hydroxylation sites is 2. The normalized spacial score (nSPS) is 14.4. The quantitative estimate of drug-likeness (QED) is 0.166. The van der Waals surface area contributed by atoms with Crippen molar-refractivity contribution in [3.63, 3.8) is 0 Å². The molecule has 2 aliphatic carbocycles. The van der Waals surface area contributed by atoms with Gasteiger partial charge in [-0.1, -0.05) is 137 Å². The van der Waals surface area contributed by atoms with Gasteiger partial charge in [-0.2, -0.15) is 0 Å². The number of nitrogens with zero attached hydrogens (tertiary/aromatic N) is 2. The Kier molecular flexibility index (Phi) is 8.06. The molecule has 68 heavy (non-hydrogen) atoms. The molecule has 0 aromatic heterocycles. The van der Waals surface area contributed by atoms with E-state index in [-0.39, 0.29) is 10.8 Å². The second-order valence-corrected chi connectivity index (χ2v) is 19.7. The monoisotopic (exact) mass is 874 g/mol. The van der Waals surface area contributed by atoms with Crippen LogP contribution in [0.15, 0.2) is 206 Å². The van der Waals surface area contributed by atoms with E-state index < -0.39 is 0 Å². The van der Waals surface area contributed by atoms with Crippen LogP contribution in [-0.2, 0) is 10.8 Å². The average molecular weight is 875 g/mol. The zero-order valence-electron chi connectivity index (χ0n) is 38.3. The number of ether oxygens (including phenoxy) is 2. The van der Waals surface area contributed by atoms with Crippen molar-refractivity contribution in [2.75, 3.05) is 9.80 Å². The van der Waals surface area contributed by atoms with Gasteiger partial charge in [0, 0.05) is 79.0 Å². The van der Waals surface area contributed by atoms with Crippen molar-refractivity contribution in [2.45, 2.75) is 38.5 Å². The Bertz CT molecular complexity index is 3510. The summed E-state index contributed by atoms with van der Waals surface area (Å²) in [6.07, 6.45) is 0. The van der Waals surface area contributed by atoms with Gasteiger partial charge in [-0.3, -0.25) is 0 Å². The SMILES string of the molecule is CC1(C)c2ccccc2-c2ccc(N(c3ccccc3)c3ccc4c(c3)Oc3ccc5c6c(ccc-4c36)-c3ccc(N(c4ccccc4)c4ccc6c(c4)C(C)(C)c4ccccc4-6)cc3O5)cc21. The van der Waals surface area contributed by atoms with Gasteiger partial charge < -0.3 is 19.3 Å². The summed E-state index contributed by atoms with van der Waals surface area (Å²) >= 11 is 0. The predicted molar refractivity (Wildman–Crippen MR) is 279 cm³/mol. The highest BCUT2D eigenvalue weighted by Crippen LogP contribution is 2.58. The number of fused-ring (bicyclic) bond motifs is 10. The Morgan fingerprint density at radius 3 is 1.03 bits per heavy atom. The molecule has 10 aromatic carbocycles. The summed E-state index contributed by atoms with van der Waals surface area (Å²) in [5.74, 6) is 3.31. The van der Waals surface area contributed by atoms with Crippen LogP contribution >= 0.6 is 0 Å². The highest BCUT2D eigenvalue weighted by Gasteiger charge is 2.38. The summed E-state index contributed by atoms with van der Waals surface area (Å²) in [4.78, 5) is 4.70. The van der Waals surface area contributed by atoms with E-state index >= 15 is 0 Å². The Morgan fingerprint density at radius 2 is 0.603 bits per heavy atom. The van der Waals surface area contributed by atoms with Gasteiger partial charge >= 0.3 is 0 Å². The molecule has 0 bridgehead atoms. The molecular weight excluding hydrogens is 829 g/mol. The van der Waals surface area contributed by atoms with Crippen LogP contribution in [0.3, 0.4) is 0 Å². The van der Waals surface area contributed by atoms with Crippen molar-refractivity contribution >= 4 is 44.9 Å². The molecule has 0 atom stereocenters. The molecule has 4 heteroatoms. The van der Waals surface area contributed by atoms with Gasteiger partial charge in [0.15, 0.2) is 0 Å². The molecule has 2 heterocycles. The topological polar surface area (TPSA) is 24.9 Å². The van der Waals surface area contributed by atoms with Gasteiger partial charge in [0.2, 0.25) is 0 Å². The second kappa shape index (κ2) is 14.1. The molecule has 0 saturated heterocycles. The first kappa shape index (κ1) is 38.9.